The Bertz CT molecular complexity index is 768. The molecule has 2 amide bonds. The second-order valence-electron chi connectivity index (χ2n) is 5.53. The third kappa shape index (κ3) is 5.30. The molecule has 0 unspecified atom stereocenters. The summed E-state index contributed by atoms with van der Waals surface area (Å²) in [7, 11) is 0. The summed E-state index contributed by atoms with van der Waals surface area (Å²) in [5, 5.41) is 25.9. The largest absolute Gasteiger partial charge is 0.545 e. The fourth-order valence-corrected chi connectivity index (χ4v) is 2.24. The monoisotopic (exact) mass is 358 g/mol. The molecule has 0 saturated heterocycles. The zero-order valence-corrected chi connectivity index (χ0v) is 14.8. The van der Waals surface area contributed by atoms with Crippen LogP contribution in [0, 0.1) is 27.7 Å². The Hall–Kier alpha value is -3.42. The minimum absolute atomic E-state index is 0.286. The number of hydrogen-bond acceptors (Lipinski definition) is 6. The Morgan fingerprint density at radius 3 is 1.19 bits per heavy atom. The van der Waals surface area contributed by atoms with Crippen molar-refractivity contribution in [2.24, 2.45) is 0 Å². The average Bonchev–Trinajstić information content (AvgIpc) is 2.57. The molecule has 0 atom stereocenters. The molecule has 0 fully saturated rings. The van der Waals surface area contributed by atoms with Gasteiger partial charge in [-0.2, -0.15) is 0 Å². The van der Waals surface area contributed by atoms with Gasteiger partial charge in [0.05, 0.1) is 23.3 Å². The number of carbonyl (C=O) groups is 4. The summed E-state index contributed by atoms with van der Waals surface area (Å²) in [6.45, 7) is 7.14. The van der Waals surface area contributed by atoms with Crippen LogP contribution in [0.1, 0.15) is 22.3 Å². The number of amides is 2. The van der Waals surface area contributed by atoms with Crippen LogP contribution in [0.15, 0.2) is 24.3 Å². The van der Waals surface area contributed by atoms with E-state index in [0.29, 0.717) is 23.3 Å². The Labute approximate surface area is 150 Å². The number of rotatable bonds is 6. The molecule has 0 saturated carbocycles. The number of benzene rings is 1. The molecule has 0 aliphatic rings. The van der Waals surface area contributed by atoms with Gasteiger partial charge in [0.2, 0.25) is 11.8 Å². The van der Waals surface area contributed by atoms with Gasteiger partial charge in [-0.05, 0) is 62.1 Å². The maximum absolute atomic E-state index is 11.9. The number of anilines is 2. The van der Waals surface area contributed by atoms with Crippen LogP contribution in [0.2, 0.25) is 0 Å². The first kappa shape index (κ1) is 20.6. The van der Waals surface area contributed by atoms with Gasteiger partial charge in [0.1, 0.15) is 0 Å². The smallest absolute Gasteiger partial charge is 0.248 e. The number of carbonyl (C=O) groups excluding carboxylic acids is 4. The Morgan fingerprint density at radius 1 is 0.615 bits per heavy atom. The van der Waals surface area contributed by atoms with Crippen molar-refractivity contribution in [2.75, 3.05) is 10.6 Å². The van der Waals surface area contributed by atoms with Crippen molar-refractivity contribution in [3.8, 4) is 0 Å². The highest BCUT2D eigenvalue weighted by atomic mass is 16.4. The highest BCUT2D eigenvalue weighted by Crippen LogP contribution is 2.35. The molecule has 1 aromatic rings. The molecule has 2 N–H and O–H groups in total. The molecular weight excluding hydrogens is 340 g/mol. The first-order chi connectivity index (χ1) is 12.0. The van der Waals surface area contributed by atoms with Crippen molar-refractivity contribution in [2.45, 2.75) is 27.7 Å². The highest BCUT2D eigenvalue weighted by Gasteiger charge is 2.17. The number of nitrogens with one attached hydrogen (secondary N) is 2. The predicted molar refractivity (Wildman–Crippen MR) is 90.9 cm³/mol. The van der Waals surface area contributed by atoms with E-state index in [1.807, 2.05) is 13.8 Å². The zero-order valence-electron chi connectivity index (χ0n) is 14.8. The molecule has 0 aliphatic heterocycles. The second-order valence-corrected chi connectivity index (χ2v) is 5.53. The van der Waals surface area contributed by atoms with Gasteiger partial charge in [-0.3, -0.25) is 9.59 Å². The van der Waals surface area contributed by atoms with Crippen LogP contribution in [0.5, 0.6) is 0 Å². The van der Waals surface area contributed by atoms with E-state index in [2.05, 4.69) is 10.6 Å². The molecular formula is C18H18N2O6-2. The Morgan fingerprint density at radius 2 is 0.923 bits per heavy atom. The molecule has 0 heterocycles. The lowest BCUT2D eigenvalue weighted by Gasteiger charge is -2.21. The number of aliphatic carboxylic acids is 2. The summed E-state index contributed by atoms with van der Waals surface area (Å²) < 4.78 is 0. The molecule has 0 aliphatic carbocycles. The maximum Gasteiger partial charge on any atom is 0.248 e. The van der Waals surface area contributed by atoms with Crippen molar-refractivity contribution in [3.63, 3.8) is 0 Å². The lowest BCUT2D eigenvalue weighted by atomic mass is 9.95. The third-order valence-corrected chi connectivity index (χ3v) is 3.93. The SMILES string of the molecule is Cc1c(C)c(C)c(NC(=O)/C=C/C(=O)[O-])c(NC(=O)/C=C/C(=O)[O-])c1C. The van der Waals surface area contributed by atoms with E-state index < -0.39 is 23.8 Å². The molecule has 0 spiro atoms. The zero-order chi connectivity index (χ0) is 20.0. The molecule has 1 rings (SSSR count). The van der Waals surface area contributed by atoms with Crippen LogP contribution < -0.4 is 20.8 Å². The molecule has 8 nitrogen and oxygen atoms in total. The molecule has 26 heavy (non-hydrogen) atoms. The van der Waals surface area contributed by atoms with E-state index in [0.717, 1.165) is 23.3 Å². The van der Waals surface area contributed by atoms with Crippen LogP contribution in [-0.4, -0.2) is 23.8 Å². The van der Waals surface area contributed by atoms with Crippen LogP contribution in [-0.2, 0) is 19.2 Å². The van der Waals surface area contributed by atoms with E-state index in [1.165, 1.54) is 0 Å². The molecule has 138 valence electrons. The van der Waals surface area contributed by atoms with Crippen molar-refractivity contribution in [1.29, 1.82) is 0 Å². The fourth-order valence-electron chi connectivity index (χ4n) is 2.24. The standard InChI is InChI=1S/C18H20N2O6/c1-9-10(2)12(4)18(20-14(22)6-8-16(25)26)17(11(9)3)19-13(21)5-7-15(23)24/h5-8H,1-4H3,(H,19,21)(H,20,22)(H,23,24)(H,25,26)/p-2/b7-5+,8-6+. The minimum Gasteiger partial charge on any atom is -0.545 e. The minimum atomic E-state index is -1.52. The first-order valence-corrected chi connectivity index (χ1v) is 7.55. The van der Waals surface area contributed by atoms with Gasteiger partial charge in [-0.25, -0.2) is 0 Å². The van der Waals surface area contributed by atoms with Crippen molar-refractivity contribution >= 4 is 35.1 Å². The van der Waals surface area contributed by atoms with E-state index in [4.69, 9.17) is 0 Å². The Kier molecular flexibility index (Phi) is 6.83. The van der Waals surface area contributed by atoms with Crippen LogP contribution in [0.4, 0.5) is 11.4 Å². The normalized spacial score (nSPS) is 10.9. The van der Waals surface area contributed by atoms with Crippen molar-refractivity contribution < 1.29 is 29.4 Å². The fraction of sp³-hybridized carbons (Fsp3) is 0.222. The van der Waals surface area contributed by atoms with E-state index in [9.17, 15) is 29.4 Å². The van der Waals surface area contributed by atoms with E-state index in [1.54, 1.807) is 13.8 Å². The van der Waals surface area contributed by atoms with Crippen LogP contribution in [0.3, 0.4) is 0 Å². The van der Waals surface area contributed by atoms with Gasteiger partial charge >= 0.3 is 0 Å². The summed E-state index contributed by atoms with van der Waals surface area (Å²) >= 11 is 0. The van der Waals surface area contributed by atoms with Gasteiger partial charge in [0.15, 0.2) is 0 Å². The number of carboxylic acid groups (broad SMARTS) is 2. The van der Waals surface area contributed by atoms with E-state index in [-0.39, 0.29) is 11.4 Å². The van der Waals surface area contributed by atoms with Crippen LogP contribution >= 0.6 is 0 Å². The average molecular weight is 358 g/mol. The quantitative estimate of drug-likeness (QED) is 0.652. The van der Waals surface area contributed by atoms with Gasteiger partial charge in [0.25, 0.3) is 0 Å². The molecule has 0 aromatic heterocycles. The van der Waals surface area contributed by atoms with Gasteiger partial charge < -0.3 is 30.4 Å². The lowest BCUT2D eigenvalue weighted by Crippen LogP contribution is -2.21. The predicted octanol–water partition coefficient (Wildman–Crippen LogP) is -0.591. The van der Waals surface area contributed by atoms with Crippen molar-refractivity contribution in [1.82, 2.24) is 0 Å². The lowest BCUT2D eigenvalue weighted by molar-refractivity contribution is -0.298. The summed E-state index contributed by atoms with van der Waals surface area (Å²) in [5.41, 5.74) is 3.67. The first-order valence-electron chi connectivity index (χ1n) is 7.55. The molecule has 8 heteroatoms. The number of hydrogen-bond donors (Lipinski definition) is 2. The van der Waals surface area contributed by atoms with Crippen LogP contribution in [0.25, 0.3) is 0 Å². The van der Waals surface area contributed by atoms with E-state index >= 15 is 0 Å². The molecule has 1 aromatic carbocycles. The topological polar surface area (TPSA) is 138 Å². The Balaban J connectivity index is 3.34. The molecule has 0 radical (unpaired) electrons. The summed E-state index contributed by atoms with van der Waals surface area (Å²) in [6.07, 6.45) is 2.75. The van der Waals surface area contributed by atoms with Gasteiger partial charge in [0, 0.05) is 12.2 Å². The summed E-state index contributed by atoms with van der Waals surface area (Å²) in [4.78, 5) is 44.7. The maximum atomic E-state index is 11.9. The third-order valence-electron chi connectivity index (χ3n) is 3.93. The number of carboxylic acids is 2. The van der Waals surface area contributed by atoms with Gasteiger partial charge in [-0.15, -0.1) is 0 Å². The second kappa shape index (κ2) is 8.61. The highest BCUT2D eigenvalue weighted by molar-refractivity contribution is 6.09. The summed E-state index contributed by atoms with van der Waals surface area (Å²) in [6, 6.07) is 0. The van der Waals surface area contributed by atoms with Crippen molar-refractivity contribution in [3.05, 3.63) is 46.6 Å². The van der Waals surface area contributed by atoms with Gasteiger partial charge in [-0.1, -0.05) is 0 Å². The molecule has 0 bridgehead atoms. The summed E-state index contributed by atoms with van der Waals surface area (Å²) in [5.74, 6) is -4.48.